The van der Waals surface area contributed by atoms with Crippen LogP contribution in [0.1, 0.15) is 41.2 Å². The van der Waals surface area contributed by atoms with E-state index < -0.39 is 0 Å². The molecule has 0 saturated heterocycles. The lowest BCUT2D eigenvalue weighted by molar-refractivity contribution is 0.102. The quantitative estimate of drug-likeness (QED) is 0.526. The normalized spacial score (nSPS) is 15.9. The van der Waals surface area contributed by atoms with Gasteiger partial charge in [0.15, 0.2) is 5.82 Å². The largest absolute Gasteiger partial charge is 0.493 e. The summed E-state index contributed by atoms with van der Waals surface area (Å²) >= 11 is 0. The number of fused-ring (bicyclic) bond motifs is 5. The molecular formula is C23H21N7O2. The number of anilines is 1. The van der Waals surface area contributed by atoms with Crippen LogP contribution in [0.25, 0.3) is 17.2 Å². The molecule has 1 fully saturated rings. The molecule has 4 aromatic rings. The predicted octanol–water partition coefficient (Wildman–Crippen LogP) is 3.44. The molecule has 1 amide bonds. The average Bonchev–Trinajstić information content (AvgIpc) is 3.35. The fourth-order valence-electron chi connectivity index (χ4n) is 3.90. The summed E-state index contributed by atoms with van der Waals surface area (Å²) in [7, 11) is 0. The van der Waals surface area contributed by atoms with Crippen molar-refractivity contribution in [2.75, 3.05) is 11.9 Å². The molecular weight excluding hydrogens is 406 g/mol. The summed E-state index contributed by atoms with van der Waals surface area (Å²) < 4.78 is 9.90. The van der Waals surface area contributed by atoms with E-state index in [0.29, 0.717) is 47.7 Å². The Balaban J connectivity index is 1.37. The van der Waals surface area contributed by atoms with Gasteiger partial charge in [-0.3, -0.25) is 4.79 Å². The summed E-state index contributed by atoms with van der Waals surface area (Å²) in [6, 6.07) is 11.1. The molecule has 160 valence electrons. The molecule has 2 aliphatic rings. The van der Waals surface area contributed by atoms with Crippen LogP contribution in [0.3, 0.4) is 0 Å². The topological polar surface area (TPSA) is 99.8 Å². The Bertz CT molecular complexity index is 1310. The average molecular weight is 427 g/mol. The molecule has 6 rings (SSSR count). The fourth-order valence-corrected chi connectivity index (χ4v) is 3.90. The van der Waals surface area contributed by atoms with Crippen LogP contribution >= 0.6 is 0 Å². The van der Waals surface area contributed by atoms with Gasteiger partial charge < -0.3 is 19.2 Å². The predicted molar refractivity (Wildman–Crippen MR) is 117 cm³/mol. The lowest BCUT2D eigenvalue weighted by atomic mass is 10.1. The molecule has 9 nitrogen and oxygen atoms in total. The maximum absolute atomic E-state index is 13.2. The van der Waals surface area contributed by atoms with Gasteiger partial charge in [-0.05, 0) is 49.6 Å². The molecule has 0 unspecified atom stereocenters. The number of aromatic nitrogens is 6. The molecule has 9 heteroatoms. The van der Waals surface area contributed by atoms with Crippen molar-refractivity contribution in [3.05, 3.63) is 66.5 Å². The van der Waals surface area contributed by atoms with Crippen molar-refractivity contribution in [3.8, 4) is 23.0 Å². The molecule has 0 spiro atoms. The molecule has 0 atom stereocenters. The first-order chi connectivity index (χ1) is 15.7. The van der Waals surface area contributed by atoms with E-state index in [1.807, 2.05) is 45.7 Å². The number of carbonyl (C=O) groups is 1. The maximum Gasteiger partial charge on any atom is 0.260 e. The molecule has 3 aromatic heterocycles. The van der Waals surface area contributed by atoms with E-state index in [0.717, 1.165) is 17.8 Å². The minimum atomic E-state index is -0.283. The van der Waals surface area contributed by atoms with Gasteiger partial charge in [0.2, 0.25) is 0 Å². The first kappa shape index (κ1) is 18.7. The van der Waals surface area contributed by atoms with Gasteiger partial charge in [0.25, 0.3) is 5.91 Å². The van der Waals surface area contributed by atoms with Crippen molar-refractivity contribution in [2.24, 2.45) is 0 Å². The van der Waals surface area contributed by atoms with E-state index in [1.54, 1.807) is 18.7 Å². The van der Waals surface area contributed by atoms with Gasteiger partial charge in [-0.2, -0.15) is 0 Å². The summed E-state index contributed by atoms with van der Waals surface area (Å²) in [5.41, 5.74) is 3.07. The smallest absolute Gasteiger partial charge is 0.260 e. The van der Waals surface area contributed by atoms with Crippen LogP contribution in [-0.2, 0) is 6.54 Å². The van der Waals surface area contributed by atoms with Gasteiger partial charge in [-0.1, -0.05) is 6.07 Å². The van der Waals surface area contributed by atoms with Crippen molar-refractivity contribution in [1.82, 2.24) is 29.3 Å². The summed E-state index contributed by atoms with van der Waals surface area (Å²) in [5, 5.41) is 11.1. The Kier molecular flexibility index (Phi) is 4.45. The molecule has 0 radical (unpaired) electrons. The summed E-state index contributed by atoms with van der Waals surface area (Å²) in [6.07, 6.45) is 8.65. The standard InChI is InChI=1S/C23H21N7O2/c31-23-17-11-16(30-12-19(24-13-30)15-5-6-15)7-8-20(17)32-10-2-9-29-14-25-28-22(29)18-3-1-4-21(26-18)27-23/h1,3-4,7-8,11-15H,2,5-6,9-10H2,(H,26,27,31). The Labute approximate surface area is 184 Å². The maximum atomic E-state index is 13.2. The number of ether oxygens (including phenoxy) is 1. The van der Waals surface area contributed by atoms with Crippen LogP contribution in [0.15, 0.2) is 55.2 Å². The van der Waals surface area contributed by atoms with Crippen molar-refractivity contribution >= 4 is 11.7 Å². The molecule has 1 aromatic carbocycles. The van der Waals surface area contributed by atoms with Gasteiger partial charge >= 0.3 is 0 Å². The highest BCUT2D eigenvalue weighted by Gasteiger charge is 2.26. The minimum absolute atomic E-state index is 0.283. The van der Waals surface area contributed by atoms with Crippen LogP contribution in [0.2, 0.25) is 0 Å². The number of rotatable bonds is 2. The number of carbonyl (C=O) groups excluding carboxylic acids is 1. The van der Waals surface area contributed by atoms with E-state index in [9.17, 15) is 4.79 Å². The van der Waals surface area contributed by atoms with E-state index >= 15 is 0 Å². The Morgan fingerprint density at radius 1 is 1.12 bits per heavy atom. The number of hydrogen-bond donors (Lipinski definition) is 1. The fraction of sp³-hybridized carbons (Fsp3) is 0.261. The zero-order chi connectivity index (χ0) is 21.5. The molecule has 4 heterocycles. The SMILES string of the molecule is O=C1Nc2cccc(n2)-c2nncn2CCCOc2ccc(-n3cnc(C4CC4)c3)cc21. The molecule has 1 aliphatic carbocycles. The van der Waals surface area contributed by atoms with Crippen LogP contribution in [0, 0.1) is 0 Å². The molecule has 1 saturated carbocycles. The van der Waals surface area contributed by atoms with Gasteiger partial charge in [0.05, 0.1) is 24.2 Å². The number of imidazole rings is 1. The Morgan fingerprint density at radius 2 is 2.06 bits per heavy atom. The highest BCUT2D eigenvalue weighted by atomic mass is 16.5. The zero-order valence-electron chi connectivity index (χ0n) is 17.3. The summed E-state index contributed by atoms with van der Waals surface area (Å²) in [6.45, 7) is 1.14. The molecule has 1 aliphatic heterocycles. The number of amides is 1. The molecule has 1 N–H and O–H groups in total. The number of nitrogens with zero attached hydrogens (tertiary/aromatic N) is 6. The Morgan fingerprint density at radius 3 is 2.97 bits per heavy atom. The number of aryl methyl sites for hydroxylation is 1. The van der Waals surface area contributed by atoms with Gasteiger partial charge in [0.1, 0.15) is 23.6 Å². The van der Waals surface area contributed by atoms with Crippen LogP contribution in [0.5, 0.6) is 5.75 Å². The zero-order valence-corrected chi connectivity index (χ0v) is 17.3. The highest BCUT2D eigenvalue weighted by molar-refractivity contribution is 6.06. The van der Waals surface area contributed by atoms with Crippen molar-refractivity contribution < 1.29 is 9.53 Å². The number of benzene rings is 1. The van der Waals surface area contributed by atoms with Gasteiger partial charge in [-0.15, -0.1) is 10.2 Å². The number of nitrogens with one attached hydrogen (secondary N) is 1. The van der Waals surface area contributed by atoms with Crippen molar-refractivity contribution in [3.63, 3.8) is 0 Å². The third-order valence-electron chi connectivity index (χ3n) is 5.74. The first-order valence-corrected chi connectivity index (χ1v) is 10.7. The van der Waals surface area contributed by atoms with E-state index in [2.05, 4.69) is 25.5 Å². The van der Waals surface area contributed by atoms with Crippen LogP contribution in [-0.4, -0.2) is 41.8 Å². The third kappa shape index (κ3) is 3.51. The van der Waals surface area contributed by atoms with Crippen LogP contribution < -0.4 is 10.1 Å². The highest BCUT2D eigenvalue weighted by Crippen LogP contribution is 2.39. The number of hydrogen-bond acceptors (Lipinski definition) is 6. The second-order valence-corrected chi connectivity index (χ2v) is 8.07. The van der Waals surface area contributed by atoms with E-state index in [1.165, 1.54) is 12.8 Å². The van der Waals surface area contributed by atoms with E-state index in [-0.39, 0.29) is 5.91 Å². The monoisotopic (exact) mass is 427 g/mol. The first-order valence-electron chi connectivity index (χ1n) is 10.7. The second kappa shape index (κ2) is 7.60. The lowest BCUT2D eigenvalue weighted by Gasteiger charge is -2.13. The summed E-state index contributed by atoms with van der Waals surface area (Å²) in [5.74, 6) is 1.92. The van der Waals surface area contributed by atoms with Gasteiger partial charge in [0, 0.05) is 24.3 Å². The lowest BCUT2D eigenvalue weighted by Crippen LogP contribution is -2.15. The third-order valence-corrected chi connectivity index (χ3v) is 5.74. The van der Waals surface area contributed by atoms with Crippen molar-refractivity contribution in [2.45, 2.75) is 31.7 Å². The Hall–Kier alpha value is -4.01. The number of pyridine rings is 1. The summed E-state index contributed by atoms with van der Waals surface area (Å²) in [4.78, 5) is 22.3. The molecule has 2 bridgehead atoms. The van der Waals surface area contributed by atoms with Crippen molar-refractivity contribution in [1.29, 1.82) is 0 Å². The van der Waals surface area contributed by atoms with Gasteiger partial charge in [-0.25, -0.2) is 9.97 Å². The van der Waals surface area contributed by atoms with E-state index in [4.69, 9.17) is 4.74 Å². The molecule has 32 heavy (non-hydrogen) atoms. The minimum Gasteiger partial charge on any atom is -0.493 e. The van der Waals surface area contributed by atoms with Crippen LogP contribution in [0.4, 0.5) is 5.82 Å². The second-order valence-electron chi connectivity index (χ2n) is 8.07.